The average Bonchev–Trinajstić information content (AvgIpc) is 2.48. The van der Waals surface area contributed by atoms with Crippen molar-refractivity contribution in [2.45, 2.75) is 13.2 Å². The van der Waals surface area contributed by atoms with E-state index in [0.717, 1.165) is 11.1 Å². The number of hydrogen-bond donors (Lipinski definition) is 0. The van der Waals surface area contributed by atoms with Gasteiger partial charge < -0.3 is 9.47 Å². The van der Waals surface area contributed by atoms with Gasteiger partial charge in [0.1, 0.15) is 0 Å². The van der Waals surface area contributed by atoms with Gasteiger partial charge in [-0.1, -0.05) is 48.5 Å². The van der Waals surface area contributed by atoms with E-state index in [0.29, 0.717) is 18.8 Å². The van der Waals surface area contributed by atoms with Crippen LogP contribution in [0.2, 0.25) is 0 Å². The summed E-state index contributed by atoms with van der Waals surface area (Å²) in [6.45, 7) is 0.913. The van der Waals surface area contributed by atoms with Crippen LogP contribution in [0.3, 0.4) is 0 Å². The van der Waals surface area contributed by atoms with Gasteiger partial charge in [-0.25, -0.2) is 4.79 Å². The second kappa shape index (κ2) is 6.71. The molecular weight excluding hydrogens is 240 g/mol. The molecule has 0 unspecified atom stereocenters. The Kier molecular flexibility index (Phi) is 4.70. The molecule has 0 aliphatic rings. The lowest BCUT2D eigenvalue weighted by Crippen LogP contribution is -2.06. The first-order chi connectivity index (χ1) is 9.31. The summed E-state index contributed by atoms with van der Waals surface area (Å²) in [6.07, 6.45) is 0. The highest BCUT2D eigenvalue weighted by Gasteiger charge is 2.10. The van der Waals surface area contributed by atoms with Crippen molar-refractivity contribution in [2.75, 3.05) is 7.11 Å². The van der Waals surface area contributed by atoms with Crippen LogP contribution in [0.5, 0.6) is 0 Å². The second-order valence-electron chi connectivity index (χ2n) is 4.13. The molecule has 19 heavy (non-hydrogen) atoms. The van der Waals surface area contributed by atoms with Gasteiger partial charge >= 0.3 is 5.97 Å². The molecule has 0 radical (unpaired) electrons. The molecule has 0 saturated heterocycles. The Morgan fingerprint density at radius 1 is 0.947 bits per heavy atom. The third-order valence-corrected chi connectivity index (χ3v) is 2.79. The third kappa shape index (κ3) is 3.66. The third-order valence-electron chi connectivity index (χ3n) is 2.79. The minimum absolute atomic E-state index is 0.334. The lowest BCUT2D eigenvalue weighted by molar-refractivity contribution is 0.0590. The summed E-state index contributed by atoms with van der Waals surface area (Å²) in [5.74, 6) is -0.334. The van der Waals surface area contributed by atoms with Crippen molar-refractivity contribution in [3.63, 3.8) is 0 Å². The molecule has 0 spiro atoms. The quantitative estimate of drug-likeness (QED) is 0.771. The summed E-state index contributed by atoms with van der Waals surface area (Å²) < 4.78 is 10.4. The van der Waals surface area contributed by atoms with Gasteiger partial charge in [-0.15, -0.1) is 0 Å². The fourth-order valence-corrected chi connectivity index (χ4v) is 1.81. The van der Waals surface area contributed by atoms with Gasteiger partial charge in [0.05, 0.1) is 25.9 Å². The van der Waals surface area contributed by atoms with E-state index in [2.05, 4.69) is 0 Å². The van der Waals surface area contributed by atoms with E-state index >= 15 is 0 Å². The molecule has 0 heterocycles. The Balaban J connectivity index is 1.98. The number of carbonyl (C=O) groups excluding carboxylic acids is 1. The molecule has 98 valence electrons. The predicted molar refractivity (Wildman–Crippen MR) is 72.7 cm³/mol. The van der Waals surface area contributed by atoms with Crippen LogP contribution >= 0.6 is 0 Å². The van der Waals surface area contributed by atoms with Crippen molar-refractivity contribution in [3.8, 4) is 0 Å². The highest BCUT2D eigenvalue weighted by Crippen LogP contribution is 2.12. The molecule has 0 N–H and O–H groups in total. The Morgan fingerprint density at radius 3 is 2.37 bits per heavy atom. The molecule has 2 aromatic rings. The molecule has 0 bridgehead atoms. The Hall–Kier alpha value is -2.13. The molecular formula is C16H16O3. The van der Waals surface area contributed by atoms with E-state index in [-0.39, 0.29) is 5.97 Å². The maximum atomic E-state index is 11.6. The van der Waals surface area contributed by atoms with Crippen LogP contribution < -0.4 is 0 Å². The van der Waals surface area contributed by atoms with Crippen LogP contribution in [0.25, 0.3) is 0 Å². The first kappa shape index (κ1) is 13.3. The maximum absolute atomic E-state index is 11.6. The van der Waals surface area contributed by atoms with Gasteiger partial charge in [-0.3, -0.25) is 0 Å². The van der Waals surface area contributed by atoms with E-state index in [1.807, 2.05) is 48.5 Å². The molecule has 3 nitrogen and oxygen atoms in total. The first-order valence-corrected chi connectivity index (χ1v) is 6.09. The molecule has 0 saturated carbocycles. The highest BCUT2D eigenvalue weighted by molar-refractivity contribution is 5.90. The minimum atomic E-state index is -0.334. The van der Waals surface area contributed by atoms with Crippen molar-refractivity contribution >= 4 is 5.97 Å². The lowest BCUT2D eigenvalue weighted by atomic mass is 10.1. The first-order valence-electron chi connectivity index (χ1n) is 6.09. The summed E-state index contributed by atoms with van der Waals surface area (Å²) in [5.41, 5.74) is 2.50. The Bertz CT molecular complexity index is 535. The zero-order valence-corrected chi connectivity index (χ0v) is 10.8. The van der Waals surface area contributed by atoms with E-state index < -0.39 is 0 Å². The summed E-state index contributed by atoms with van der Waals surface area (Å²) in [6, 6.07) is 17.2. The van der Waals surface area contributed by atoms with Crippen LogP contribution in [0.15, 0.2) is 54.6 Å². The van der Waals surface area contributed by atoms with Crippen molar-refractivity contribution in [1.29, 1.82) is 0 Å². The molecule has 0 amide bonds. The van der Waals surface area contributed by atoms with Gasteiger partial charge in [-0.05, 0) is 17.2 Å². The SMILES string of the molecule is COC(=O)c1ccccc1COCc1ccccc1. The van der Waals surface area contributed by atoms with Gasteiger partial charge in [0.2, 0.25) is 0 Å². The predicted octanol–water partition coefficient (Wildman–Crippen LogP) is 3.19. The van der Waals surface area contributed by atoms with E-state index in [1.165, 1.54) is 7.11 Å². The number of rotatable bonds is 5. The van der Waals surface area contributed by atoms with Gasteiger partial charge in [0.25, 0.3) is 0 Å². The monoisotopic (exact) mass is 256 g/mol. The summed E-state index contributed by atoms with van der Waals surface area (Å²) in [7, 11) is 1.38. The van der Waals surface area contributed by atoms with Gasteiger partial charge in [-0.2, -0.15) is 0 Å². The number of esters is 1. The van der Waals surface area contributed by atoms with Crippen molar-refractivity contribution < 1.29 is 14.3 Å². The van der Waals surface area contributed by atoms with Crippen LogP contribution in [-0.4, -0.2) is 13.1 Å². The molecule has 0 aromatic heterocycles. The topological polar surface area (TPSA) is 35.5 Å². The van der Waals surface area contributed by atoms with Crippen LogP contribution in [0.1, 0.15) is 21.5 Å². The van der Waals surface area contributed by atoms with Crippen LogP contribution in [0, 0.1) is 0 Å². The lowest BCUT2D eigenvalue weighted by Gasteiger charge is -2.08. The van der Waals surface area contributed by atoms with Gasteiger partial charge in [0.15, 0.2) is 0 Å². The van der Waals surface area contributed by atoms with Crippen LogP contribution in [0.4, 0.5) is 0 Å². The number of ether oxygens (including phenoxy) is 2. The number of carbonyl (C=O) groups is 1. The summed E-state index contributed by atoms with van der Waals surface area (Å²) >= 11 is 0. The van der Waals surface area contributed by atoms with E-state index in [4.69, 9.17) is 9.47 Å². The summed E-state index contributed by atoms with van der Waals surface area (Å²) in [5, 5.41) is 0. The number of benzene rings is 2. The minimum Gasteiger partial charge on any atom is -0.465 e. The van der Waals surface area contributed by atoms with Crippen molar-refractivity contribution in [2.24, 2.45) is 0 Å². The second-order valence-corrected chi connectivity index (χ2v) is 4.13. The molecule has 0 atom stereocenters. The Labute approximate surface area is 112 Å². The molecule has 2 aromatic carbocycles. The number of methoxy groups -OCH3 is 1. The Morgan fingerprint density at radius 2 is 1.63 bits per heavy atom. The highest BCUT2D eigenvalue weighted by atomic mass is 16.5. The van der Waals surface area contributed by atoms with E-state index in [1.54, 1.807) is 6.07 Å². The normalized spacial score (nSPS) is 10.2. The molecule has 3 heteroatoms. The fraction of sp³-hybridized carbons (Fsp3) is 0.188. The largest absolute Gasteiger partial charge is 0.465 e. The molecule has 0 aliphatic heterocycles. The van der Waals surface area contributed by atoms with Crippen molar-refractivity contribution in [3.05, 3.63) is 71.3 Å². The smallest absolute Gasteiger partial charge is 0.338 e. The molecule has 0 fully saturated rings. The standard InChI is InChI=1S/C16H16O3/c1-18-16(17)15-10-6-5-9-14(15)12-19-11-13-7-3-2-4-8-13/h2-10H,11-12H2,1H3. The van der Waals surface area contributed by atoms with Crippen LogP contribution in [-0.2, 0) is 22.7 Å². The zero-order valence-electron chi connectivity index (χ0n) is 10.8. The fourth-order valence-electron chi connectivity index (χ4n) is 1.81. The molecule has 0 aliphatic carbocycles. The van der Waals surface area contributed by atoms with E-state index in [9.17, 15) is 4.79 Å². The molecule has 2 rings (SSSR count). The number of hydrogen-bond acceptors (Lipinski definition) is 3. The zero-order chi connectivity index (χ0) is 13.5. The summed E-state index contributed by atoms with van der Waals surface area (Å²) in [4.78, 5) is 11.6. The van der Waals surface area contributed by atoms with Crippen molar-refractivity contribution in [1.82, 2.24) is 0 Å². The maximum Gasteiger partial charge on any atom is 0.338 e. The average molecular weight is 256 g/mol. The van der Waals surface area contributed by atoms with Gasteiger partial charge in [0, 0.05) is 0 Å².